The molecule has 4 rings (SSSR count). The van der Waals surface area contributed by atoms with Gasteiger partial charge in [-0.25, -0.2) is 0 Å². The highest BCUT2D eigenvalue weighted by Gasteiger charge is 2.23. The van der Waals surface area contributed by atoms with Gasteiger partial charge in [0.05, 0.1) is 0 Å². The van der Waals surface area contributed by atoms with Crippen molar-refractivity contribution < 1.29 is 4.79 Å². The van der Waals surface area contributed by atoms with Gasteiger partial charge in [-0.15, -0.1) is 0 Å². The molecule has 2 aromatic rings. The van der Waals surface area contributed by atoms with Crippen molar-refractivity contribution in [2.24, 2.45) is 0 Å². The lowest BCUT2D eigenvalue weighted by atomic mass is 9.94. The van der Waals surface area contributed by atoms with Crippen molar-refractivity contribution in [3.8, 4) is 11.1 Å². The summed E-state index contributed by atoms with van der Waals surface area (Å²) in [4.78, 5) is 12.3. The van der Waals surface area contributed by atoms with Crippen LogP contribution in [0.4, 0.5) is 5.69 Å². The number of carbonyl (C=O) groups excluding carboxylic acids is 1. The first kappa shape index (κ1) is 19.8. The molecule has 0 radical (unpaired) electrons. The van der Waals surface area contributed by atoms with Crippen LogP contribution in [0.3, 0.4) is 0 Å². The van der Waals surface area contributed by atoms with E-state index < -0.39 is 0 Å². The van der Waals surface area contributed by atoms with Crippen molar-refractivity contribution in [1.82, 2.24) is 5.32 Å². The lowest BCUT2D eigenvalue weighted by Crippen LogP contribution is -2.25. The molecule has 0 spiro atoms. The van der Waals surface area contributed by atoms with E-state index in [0.717, 1.165) is 24.0 Å². The third kappa shape index (κ3) is 4.90. The van der Waals surface area contributed by atoms with E-state index in [2.05, 4.69) is 60.9 Å². The molecule has 29 heavy (non-hydrogen) atoms. The molecule has 0 bridgehead atoms. The van der Waals surface area contributed by atoms with Crippen LogP contribution in [0.2, 0.25) is 0 Å². The second-order valence-electron chi connectivity index (χ2n) is 8.80. The summed E-state index contributed by atoms with van der Waals surface area (Å²) in [5, 5.41) is 6.72. The molecule has 2 aliphatic rings. The number of hydrogen-bond acceptors (Lipinski definition) is 2. The van der Waals surface area contributed by atoms with Gasteiger partial charge in [0.15, 0.2) is 0 Å². The van der Waals surface area contributed by atoms with Gasteiger partial charge < -0.3 is 10.6 Å². The van der Waals surface area contributed by atoms with Gasteiger partial charge in [0.1, 0.15) is 0 Å². The quantitative estimate of drug-likeness (QED) is 0.595. The van der Waals surface area contributed by atoms with Gasteiger partial charge in [0.2, 0.25) is 5.91 Å². The Hall–Kier alpha value is -2.55. The summed E-state index contributed by atoms with van der Waals surface area (Å²) in [5.41, 5.74) is 8.02. The van der Waals surface area contributed by atoms with Crippen molar-refractivity contribution >= 4 is 17.7 Å². The fraction of sp³-hybridized carbons (Fsp3) is 0.423. The molecule has 3 heteroatoms. The molecule has 0 unspecified atom stereocenters. The summed E-state index contributed by atoms with van der Waals surface area (Å²) in [6.45, 7) is 6.17. The molecule has 0 saturated heterocycles. The number of carbonyl (C=O) groups is 1. The van der Waals surface area contributed by atoms with E-state index >= 15 is 0 Å². The van der Waals surface area contributed by atoms with Crippen LogP contribution in [0.25, 0.3) is 17.2 Å². The molecule has 2 fully saturated rings. The van der Waals surface area contributed by atoms with Gasteiger partial charge in [-0.05, 0) is 92.5 Å². The molecule has 2 aliphatic carbocycles. The van der Waals surface area contributed by atoms with Gasteiger partial charge in [0.25, 0.3) is 0 Å². The lowest BCUT2D eigenvalue weighted by Gasteiger charge is -2.15. The molecule has 0 atom stereocenters. The number of amides is 1. The van der Waals surface area contributed by atoms with E-state index in [-0.39, 0.29) is 5.91 Å². The predicted molar refractivity (Wildman–Crippen MR) is 122 cm³/mol. The molecule has 2 saturated carbocycles. The highest BCUT2D eigenvalue weighted by atomic mass is 16.1. The first-order valence-corrected chi connectivity index (χ1v) is 11.0. The minimum absolute atomic E-state index is 0.0546. The predicted octanol–water partition coefficient (Wildman–Crippen LogP) is 6.01. The van der Waals surface area contributed by atoms with Crippen LogP contribution < -0.4 is 10.6 Å². The average molecular weight is 389 g/mol. The molecule has 3 nitrogen and oxygen atoms in total. The van der Waals surface area contributed by atoms with Crippen molar-refractivity contribution in [3.05, 3.63) is 58.7 Å². The van der Waals surface area contributed by atoms with Gasteiger partial charge >= 0.3 is 0 Å². The normalized spacial score (nSPS) is 17.4. The summed E-state index contributed by atoms with van der Waals surface area (Å²) >= 11 is 0. The molecule has 0 aromatic heterocycles. The summed E-state index contributed by atoms with van der Waals surface area (Å²) in [7, 11) is 0. The number of benzene rings is 2. The molecule has 152 valence electrons. The largest absolute Gasteiger partial charge is 0.382 e. The third-order valence-corrected chi connectivity index (χ3v) is 6.18. The maximum atomic E-state index is 12.3. The van der Waals surface area contributed by atoms with Gasteiger partial charge in [-0.3, -0.25) is 4.79 Å². The number of nitrogens with one attached hydrogen (secondary N) is 2. The molecular formula is C26H32N2O. The maximum absolute atomic E-state index is 12.3. The number of anilines is 1. The minimum atomic E-state index is 0.0546. The fourth-order valence-electron chi connectivity index (χ4n) is 4.18. The van der Waals surface area contributed by atoms with Crippen LogP contribution in [-0.2, 0) is 4.79 Å². The molecule has 0 heterocycles. The third-order valence-electron chi connectivity index (χ3n) is 6.18. The van der Waals surface area contributed by atoms with Crippen LogP contribution >= 0.6 is 0 Å². The Labute approximate surface area is 174 Å². The second kappa shape index (κ2) is 8.44. The van der Waals surface area contributed by atoms with Crippen molar-refractivity contribution in [2.45, 2.75) is 71.4 Å². The van der Waals surface area contributed by atoms with E-state index in [1.165, 1.54) is 53.6 Å². The zero-order chi connectivity index (χ0) is 20.4. The number of aryl methyl sites for hydroxylation is 2. The van der Waals surface area contributed by atoms with Crippen LogP contribution in [0.5, 0.6) is 0 Å². The number of rotatable bonds is 6. The lowest BCUT2D eigenvalue weighted by molar-refractivity contribution is -0.117. The first-order chi connectivity index (χ1) is 14.0. The van der Waals surface area contributed by atoms with Crippen molar-refractivity contribution in [2.75, 3.05) is 5.32 Å². The van der Waals surface area contributed by atoms with Crippen LogP contribution in [0, 0.1) is 13.8 Å². The monoisotopic (exact) mass is 388 g/mol. The minimum Gasteiger partial charge on any atom is -0.382 e. The second-order valence-corrected chi connectivity index (χ2v) is 8.80. The zero-order valence-corrected chi connectivity index (χ0v) is 17.8. The Bertz CT molecular complexity index is 916. The molecule has 2 N–H and O–H groups in total. The highest BCUT2D eigenvalue weighted by molar-refractivity contribution is 5.97. The van der Waals surface area contributed by atoms with Crippen molar-refractivity contribution in [3.63, 3.8) is 0 Å². The Kier molecular flexibility index (Phi) is 5.75. The van der Waals surface area contributed by atoms with Gasteiger partial charge in [0, 0.05) is 23.3 Å². The molecule has 1 amide bonds. The highest BCUT2D eigenvalue weighted by Crippen LogP contribution is 2.30. The van der Waals surface area contributed by atoms with E-state index in [4.69, 9.17) is 0 Å². The van der Waals surface area contributed by atoms with E-state index in [1.807, 2.05) is 13.0 Å². The van der Waals surface area contributed by atoms with Crippen LogP contribution in [0.15, 0.2) is 42.0 Å². The van der Waals surface area contributed by atoms with Crippen LogP contribution in [-0.4, -0.2) is 18.0 Å². The Balaban J connectivity index is 1.51. The van der Waals surface area contributed by atoms with Crippen molar-refractivity contribution in [1.29, 1.82) is 0 Å². The zero-order valence-electron chi connectivity index (χ0n) is 17.8. The van der Waals surface area contributed by atoms with Crippen LogP contribution in [0.1, 0.15) is 62.1 Å². The summed E-state index contributed by atoms with van der Waals surface area (Å²) < 4.78 is 0. The van der Waals surface area contributed by atoms with E-state index in [1.54, 1.807) is 0 Å². The fourth-order valence-corrected chi connectivity index (χ4v) is 4.18. The Morgan fingerprint density at radius 3 is 2.28 bits per heavy atom. The van der Waals surface area contributed by atoms with Gasteiger partial charge in [-0.2, -0.15) is 0 Å². The van der Waals surface area contributed by atoms with E-state index in [0.29, 0.717) is 12.1 Å². The molecule has 2 aromatic carbocycles. The number of hydrogen-bond donors (Lipinski definition) is 2. The Morgan fingerprint density at radius 1 is 0.931 bits per heavy atom. The average Bonchev–Trinajstić information content (AvgIpc) is 3.37. The SMILES string of the molecule is CC(=Cc1cc(C)c(-c2ccc(NC3CCCC3)cc2)cc1C)C(=O)NC1CC1. The topological polar surface area (TPSA) is 41.1 Å². The Morgan fingerprint density at radius 2 is 1.62 bits per heavy atom. The molecule has 0 aliphatic heterocycles. The summed E-state index contributed by atoms with van der Waals surface area (Å²) in [5.74, 6) is 0.0546. The van der Waals surface area contributed by atoms with Gasteiger partial charge in [-0.1, -0.05) is 37.1 Å². The molecular weight excluding hydrogens is 356 g/mol. The summed E-state index contributed by atoms with van der Waals surface area (Å²) in [6.07, 6.45) is 9.49. The van der Waals surface area contributed by atoms with E-state index in [9.17, 15) is 4.79 Å². The first-order valence-electron chi connectivity index (χ1n) is 11.0. The summed E-state index contributed by atoms with van der Waals surface area (Å²) in [6, 6.07) is 14.3. The maximum Gasteiger partial charge on any atom is 0.247 e. The smallest absolute Gasteiger partial charge is 0.247 e. The standard InChI is InChI=1S/C26H32N2O/c1-17-16-25(20-8-10-23(11-9-20)27-22-6-4-5-7-22)18(2)14-21(17)15-19(3)26(29)28-24-12-13-24/h8-11,14-16,22,24,27H,4-7,12-13H2,1-3H3,(H,28,29).